The zero-order valence-corrected chi connectivity index (χ0v) is 45.1. The Morgan fingerprint density at radius 2 is 1.58 bits per heavy atom. The van der Waals surface area contributed by atoms with E-state index in [2.05, 4.69) is 55.5 Å². The first-order chi connectivity index (χ1) is 38.0. The van der Waals surface area contributed by atoms with Crippen molar-refractivity contribution in [1.82, 2.24) is 40.5 Å². The Bertz CT molecular complexity index is 3080. The molecule has 0 bridgehead atoms. The standard InChI is InChI=1S/C58H69F3N10O8/c1-33-28-69(43(26-63-33)30-68-19-22-79-32-34(68)2)31-50(73)71-48-24-38(23-37-9-13-41(59)14-10-37)11-16-44(48)35(3)53(71)56(75)64-27-49(72)65-42-15-12-40-29-70(54(45(40)25-42)57(76)67-52-46(60)7-6-8-47(52)61)58(77)51(39-17-20-78-21-18-39)66-55(74)36(4)62-5/h6-16,24-25,33-34,36,39,43,51,54,62-63H,17-23,26-32H2,1-5H3,(H,64,75)(H,65,72)(H,66,74)(H,67,76)/t33-,34-,36?,43-,51+,54+/m1/s1. The van der Waals surface area contributed by atoms with Gasteiger partial charge >= 0.3 is 0 Å². The number of ether oxygens (including phenoxy) is 2. The van der Waals surface area contributed by atoms with Crippen LogP contribution in [-0.4, -0.2) is 158 Å². The smallest absolute Gasteiger partial charge is 0.269 e. The van der Waals surface area contributed by atoms with Crippen molar-refractivity contribution in [3.63, 3.8) is 0 Å². The van der Waals surface area contributed by atoms with Gasteiger partial charge in [-0.05, 0) is 130 Å². The number of aryl methyl sites for hydroxylation is 1. The summed E-state index contributed by atoms with van der Waals surface area (Å²) >= 11 is 0. The molecule has 5 aromatic rings. The lowest BCUT2D eigenvalue weighted by molar-refractivity contribution is -0.144. The van der Waals surface area contributed by atoms with E-state index in [1.807, 2.05) is 18.2 Å². The molecule has 9 rings (SSSR count). The number of amides is 5. The number of nitrogens with zero attached hydrogens (tertiary/aromatic N) is 4. The second-order valence-corrected chi connectivity index (χ2v) is 21.2. The first kappa shape index (κ1) is 56.7. The number of hydrogen-bond acceptors (Lipinski definition) is 12. The Hall–Kier alpha value is -7.01. The molecule has 4 aliphatic rings. The molecule has 1 unspecified atom stereocenters. The lowest BCUT2D eigenvalue weighted by Crippen LogP contribution is -2.61. The van der Waals surface area contributed by atoms with Gasteiger partial charge in [-0.3, -0.25) is 43.1 Å². The Morgan fingerprint density at radius 1 is 0.848 bits per heavy atom. The molecule has 5 amide bonds. The van der Waals surface area contributed by atoms with Crippen LogP contribution >= 0.6 is 0 Å². The molecular weight excluding hydrogens is 1020 g/mol. The number of halogens is 3. The van der Waals surface area contributed by atoms with Crippen molar-refractivity contribution in [2.45, 2.75) is 89.8 Å². The molecule has 18 nitrogen and oxygen atoms in total. The number of fused-ring (bicyclic) bond motifs is 2. The molecule has 6 N–H and O–H groups in total. The summed E-state index contributed by atoms with van der Waals surface area (Å²) in [5.74, 6) is -6.46. The maximum absolute atomic E-state index is 15.0. The van der Waals surface area contributed by atoms with Gasteiger partial charge in [-0.25, -0.2) is 13.2 Å². The van der Waals surface area contributed by atoms with Crippen LogP contribution in [0.15, 0.2) is 78.9 Å². The van der Waals surface area contributed by atoms with E-state index in [0.29, 0.717) is 87.4 Å². The average Bonchev–Trinajstić information content (AvgIpc) is 4.19. The molecule has 5 heterocycles. The van der Waals surface area contributed by atoms with Crippen molar-refractivity contribution in [2.75, 3.05) is 83.4 Å². The molecule has 0 spiro atoms. The van der Waals surface area contributed by atoms with Gasteiger partial charge in [0.15, 0.2) is 0 Å². The number of piperazine rings is 1. The van der Waals surface area contributed by atoms with E-state index in [4.69, 9.17) is 9.47 Å². The van der Waals surface area contributed by atoms with Gasteiger partial charge in [0.2, 0.25) is 23.6 Å². The van der Waals surface area contributed by atoms with Crippen LogP contribution in [0.4, 0.5) is 24.5 Å². The van der Waals surface area contributed by atoms with Crippen molar-refractivity contribution in [1.29, 1.82) is 0 Å². The van der Waals surface area contributed by atoms with Crippen molar-refractivity contribution in [3.05, 3.63) is 130 Å². The predicted octanol–water partition coefficient (Wildman–Crippen LogP) is 4.89. The number of rotatable bonds is 17. The van der Waals surface area contributed by atoms with Gasteiger partial charge in [-0.15, -0.1) is 0 Å². The van der Waals surface area contributed by atoms with Gasteiger partial charge in [-0.1, -0.05) is 36.4 Å². The molecule has 420 valence electrons. The van der Waals surface area contributed by atoms with E-state index in [0.717, 1.165) is 35.9 Å². The van der Waals surface area contributed by atoms with Crippen LogP contribution in [0.1, 0.15) is 82.8 Å². The minimum atomic E-state index is -1.47. The summed E-state index contributed by atoms with van der Waals surface area (Å²) in [5.41, 5.74) is 3.00. The SMILES string of the molecule is CNC(C)C(=O)N[C@H](C(=O)N1Cc2ccc(NC(=O)CNC(=O)c3c(C)c4ccc(Cc5ccc(F)cc5)cc4n3C(=O)CN3C[C@@H](C)NC[C@@H]3CN3CCOC[C@H]3C)cc2[C@H]1C(=O)Nc1c(F)cccc1F)C1CCOCC1. The highest BCUT2D eigenvalue weighted by molar-refractivity contribution is 6.09. The number of likely N-dealkylation sites (N-methyl/N-ethyl adjacent to an activating group) is 1. The van der Waals surface area contributed by atoms with E-state index >= 15 is 8.78 Å². The largest absolute Gasteiger partial charge is 0.381 e. The Kier molecular flexibility index (Phi) is 17.9. The number of nitrogens with one attached hydrogen (secondary N) is 6. The molecular formula is C58H69F3N10O8. The third kappa shape index (κ3) is 12.9. The summed E-state index contributed by atoms with van der Waals surface area (Å²) < 4.78 is 56.7. The summed E-state index contributed by atoms with van der Waals surface area (Å²) in [7, 11) is 1.61. The van der Waals surface area contributed by atoms with Crippen LogP contribution in [0.3, 0.4) is 0 Å². The molecule has 4 aliphatic heterocycles. The van der Waals surface area contributed by atoms with Crippen LogP contribution in [0, 0.1) is 30.3 Å². The second kappa shape index (κ2) is 25.0. The van der Waals surface area contributed by atoms with Crippen molar-refractivity contribution in [3.8, 4) is 0 Å². The molecule has 0 aliphatic carbocycles. The molecule has 0 radical (unpaired) electrons. The van der Waals surface area contributed by atoms with Crippen LogP contribution in [0.5, 0.6) is 0 Å². The first-order valence-corrected chi connectivity index (χ1v) is 27.0. The highest BCUT2D eigenvalue weighted by Gasteiger charge is 2.44. The first-order valence-electron chi connectivity index (χ1n) is 27.0. The Balaban J connectivity index is 0.973. The zero-order valence-electron chi connectivity index (χ0n) is 45.1. The fourth-order valence-corrected chi connectivity index (χ4v) is 11.2. The van der Waals surface area contributed by atoms with Gasteiger partial charge in [-0.2, -0.15) is 0 Å². The number of aromatic nitrogens is 1. The molecule has 3 saturated heterocycles. The van der Waals surface area contributed by atoms with Crippen LogP contribution in [-0.2, 0) is 41.6 Å². The Labute approximate surface area is 457 Å². The summed E-state index contributed by atoms with van der Waals surface area (Å²) in [5, 5.41) is 17.8. The van der Waals surface area contributed by atoms with Gasteiger partial charge in [0.25, 0.3) is 11.8 Å². The highest BCUT2D eigenvalue weighted by Crippen LogP contribution is 2.39. The molecule has 0 saturated carbocycles. The third-order valence-electron chi connectivity index (χ3n) is 15.7. The predicted molar refractivity (Wildman–Crippen MR) is 291 cm³/mol. The molecule has 4 aromatic carbocycles. The fraction of sp³-hybridized carbons (Fsp3) is 0.448. The summed E-state index contributed by atoms with van der Waals surface area (Å²) in [6.07, 6.45) is 1.32. The van der Waals surface area contributed by atoms with Gasteiger partial charge in [0, 0.05) is 75.1 Å². The second-order valence-electron chi connectivity index (χ2n) is 21.2. The van der Waals surface area contributed by atoms with E-state index in [-0.39, 0.29) is 65.8 Å². The minimum Gasteiger partial charge on any atom is -0.381 e. The van der Waals surface area contributed by atoms with Crippen molar-refractivity contribution >= 4 is 57.7 Å². The Morgan fingerprint density at radius 3 is 2.30 bits per heavy atom. The number of anilines is 2. The zero-order chi connectivity index (χ0) is 56.1. The number of para-hydroxylation sites is 1. The lowest BCUT2D eigenvalue weighted by atomic mass is 9.90. The number of hydrogen-bond donors (Lipinski definition) is 6. The number of carbonyl (C=O) groups excluding carboxylic acids is 6. The van der Waals surface area contributed by atoms with Crippen LogP contribution < -0.4 is 31.9 Å². The van der Waals surface area contributed by atoms with Crippen LogP contribution in [0.2, 0.25) is 0 Å². The highest BCUT2D eigenvalue weighted by atomic mass is 19.1. The number of morpholine rings is 1. The molecule has 79 heavy (non-hydrogen) atoms. The van der Waals surface area contributed by atoms with E-state index in [1.165, 1.54) is 27.7 Å². The molecule has 6 atom stereocenters. The molecule has 1 aromatic heterocycles. The van der Waals surface area contributed by atoms with Crippen LogP contribution in [0.25, 0.3) is 10.9 Å². The quantitative estimate of drug-likeness (QED) is 0.0737. The number of carbonyl (C=O) groups is 6. The van der Waals surface area contributed by atoms with Crippen molar-refractivity contribution < 1.29 is 51.4 Å². The van der Waals surface area contributed by atoms with Crippen molar-refractivity contribution in [2.24, 2.45) is 5.92 Å². The normalized spacial score (nSPS) is 20.8. The summed E-state index contributed by atoms with van der Waals surface area (Å²) in [6, 6.07) is 16.7. The average molecular weight is 1090 g/mol. The van der Waals surface area contributed by atoms with E-state index < -0.39 is 71.5 Å². The molecule has 3 fully saturated rings. The summed E-state index contributed by atoms with van der Waals surface area (Å²) in [6.45, 7) is 11.6. The van der Waals surface area contributed by atoms with Gasteiger partial charge < -0.3 is 46.3 Å². The van der Waals surface area contributed by atoms with E-state index in [9.17, 15) is 33.2 Å². The third-order valence-corrected chi connectivity index (χ3v) is 15.7. The summed E-state index contributed by atoms with van der Waals surface area (Å²) in [4.78, 5) is 91.8. The number of benzene rings is 4. The topological polar surface area (TPSA) is 208 Å². The van der Waals surface area contributed by atoms with E-state index in [1.54, 1.807) is 45.2 Å². The molecule has 21 heteroatoms. The fourth-order valence-electron chi connectivity index (χ4n) is 11.2. The minimum absolute atomic E-state index is 0.00242. The monoisotopic (exact) mass is 1090 g/mol. The maximum Gasteiger partial charge on any atom is 0.269 e. The lowest BCUT2D eigenvalue weighted by Gasteiger charge is -2.43. The van der Waals surface area contributed by atoms with Gasteiger partial charge in [0.05, 0.1) is 37.9 Å². The maximum atomic E-state index is 15.0. The van der Waals surface area contributed by atoms with Gasteiger partial charge in [0.1, 0.15) is 40.9 Å².